The number of pyridine rings is 1. The molecule has 0 unspecified atom stereocenters. The lowest BCUT2D eigenvalue weighted by molar-refractivity contribution is 0.0222. The molecule has 110 valence electrons. The number of halogens is 2. The molecule has 0 atom stereocenters. The van der Waals surface area contributed by atoms with Crippen LogP contribution in [0.25, 0.3) is 0 Å². The van der Waals surface area contributed by atoms with Gasteiger partial charge in [0, 0.05) is 13.1 Å². The Bertz CT molecular complexity index is 519. The molecule has 0 radical (unpaired) electrons. The number of amides is 1. The molecule has 20 heavy (non-hydrogen) atoms. The van der Waals surface area contributed by atoms with Crippen LogP contribution in [0.1, 0.15) is 38.1 Å². The van der Waals surface area contributed by atoms with Crippen molar-refractivity contribution in [3.05, 3.63) is 23.9 Å². The zero-order valence-corrected chi connectivity index (χ0v) is 11.7. The second-order valence-electron chi connectivity index (χ2n) is 5.24. The van der Waals surface area contributed by atoms with E-state index in [1.165, 1.54) is 18.3 Å². The van der Waals surface area contributed by atoms with E-state index in [2.05, 4.69) is 10.3 Å². The minimum absolute atomic E-state index is 0.256. The van der Waals surface area contributed by atoms with Crippen LogP contribution in [-0.2, 0) is 4.74 Å². The van der Waals surface area contributed by atoms with Crippen LogP contribution in [0, 0.1) is 0 Å². The molecule has 1 aromatic rings. The summed E-state index contributed by atoms with van der Waals surface area (Å²) in [5.74, 6) is -5.22. The minimum atomic E-state index is -3.55. The third kappa shape index (κ3) is 4.56. The van der Waals surface area contributed by atoms with Crippen LogP contribution in [0.3, 0.4) is 0 Å². The number of anilines is 1. The average molecular weight is 286 g/mol. The maximum absolute atomic E-state index is 13.1. The monoisotopic (exact) mass is 286 g/mol. The van der Waals surface area contributed by atoms with Crippen LogP contribution in [0.2, 0.25) is 0 Å². The molecule has 1 aromatic heterocycles. The summed E-state index contributed by atoms with van der Waals surface area (Å²) < 4.78 is 31.1. The number of rotatable bonds is 3. The van der Waals surface area contributed by atoms with Crippen molar-refractivity contribution < 1.29 is 23.1 Å². The summed E-state index contributed by atoms with van der Waals surface area (Å²) in [4.78, 5) is 26.9. The number of ether oxygens (including phenoxy) is 1. The van der Waals surface area contributed by atoms with Gasteiger partial charge in [-0.15, -0.1) is 0 Å². The minimum Gasteiger partial charge on any atom is -0.444 e. The van der Waals surface area contributed by atoms with Gasteiger partial charge in [0.25, 0.3) is 0 Å². The number of carbonyl (C=O) groups excluding carboxylic acids is 2. The van der Waals surface area contributed by atoms with Gasteiger partial charge in [-0.1, -0.05) is 0 Å². The second kappa shape index (κ2) is 5.52. The Morgan fingerprint density at radius 3 is 2.35 bits per heavy atom. The highest BCUT2D eigenvalue weighted by atomic mass is 19.3. The number of carbonyl (C=O) groups is 2. The van der Waals surface area contributed by atoms with Gasteiger partial charge in [0.1, 0.15) is 11.4 Å². The fraction of sp³-hybridized carbons (Fsp3) is 0.462. The van der Waals surface area contributed by atoms with Crippen molar-refractivity contribution in [2.75, 3.05) is 5.32 Å². The van der Waals surface area contributed by atoms with Crippen LogP contribution in [0.15, 0.2) is 18.3 Å². The fourth-order valence-electron chi connectivity index (χ4n) is 1.32. The highest BCUT2D eigenvalue weighted by Gasteiger charge is 2.35. The van der Waals surface area contributed by atoms with Crippen molar-refractivity contribution in [3.63, 3.8) is 0 Å². The summed E-state index contributed by atoms with van der Waals surface area (Å²) in [6.07, 6.45) is 0.404. The van der Waals surface area contributed by atoms with Gasteiger partial charge in [-0.25, -0.2) is 9.78 Å². The summed E-state index contributed by atoms with van der Waals surface area (Å²) in [6.45, 7) is 5.44. The average Bonchev–Trinajstić information content (AvgIpc) is 2.24. The van der Waals surface area contributed by atoms with Crippen molar-refractivity contribution >= 4 is 17.7 Å². The molecule has 5 nitrogen and oxygen atoms in total. The van der Waals surface area contributed by atoms with Crippen molar-refractivity contribution in [2.24, 2.45) is 0 Å². The first kappa shape index (κ1) is 16.0. The summed E-state index contributed by atoms with van der Waals surface area (Å²) in [5.41, 5.74) is -1.12. The first-order valence-corrected chi connectivity index (χ1v) is 5.88. The van der Waals surface area contributed by atoms with Crippen molar-refractivity contribution in [2.45, 2.75) is 39.2 Å². The number of nitrogens with zero attached hydrogens (tertiary/aromatic N) is 1. The first-order valence-electron chi connectivity index (χ1n) is 5.88. The van der Waals surface area contributed by atoms with E-state index in [4.69, 9.17) is 4.74 Å². The van der Waals surface area contributed by atoms with Gasteiger partial charge in [-0.05, 0) is 32.9 Å². The Hall–Kier alpha value is -2.05. The van der Waals surface area contributed by atoms with Crippen molar-refractivity contribution in [1.29, 1.82) is 0 Å². The van der Waals surface area contributed by atoms with Crippen LogP contribution in [0.4, 0.5) is 19.4 Å². The lowest BCUT2D eigenvalue weighted by atomic mass is 10.1. The first-order chi connectivity index (χ1) is 9.00. The van der Waals surface area contributed by atoms with E-state index in [0.29, 0.717) is 6.92 Å². The van der Waals surface area contributed by atoms with E-state index < -0.39 is 23.4 Å². The molecule has 1 heterocycles. The molecule has 0 saturated heterocycles. The summed E-state index contributed by atoms with van der Waals surface area (Å²) in [5, 5.41) is 2.19. The maximum Gasteiger partial charge on any atom is 0.413 e. The fourth-order valence-corrected chi connectivity index (χ4v) is 1.32. The van der Waals surface area contributed by atoms with Gasteiger partial charge < -0.3 is 4.74 Å². The molecule has 1 rings (SSSR count). The number of ketones is 1. The van der Waals surface area contributed by atoms with Crippen LogP contribution in [0.5, 0.6) is 0 Å². The maximum atomic E-state index is 13.1. The van der Waals surface area contributed by atoms with Crippen molar-refractivity contribution in [3.8, 4) is 0 Å². The number of hydrogen-bond acceptors (Lipinski definition) is 4. The molecular formula is C13H16F2N2O3. The van der Waals surface area contributed by atoms with Crippen LogP contribution < -0.4 is 5.32 Å². The lowest BCUT2D eigenvalue weighted by Gasteiger charge is -2.20. The van der Waals surface area contributed by atoms with E-state index in [1.807, 2.05) is 0 Å². The normalized spacial score (nSPS) is 11.9. The molecule has 0 spiro atoms. The summed E-state index contributed by atoms with van der Waals surface area (Å²) in [6, 6.07) is 2.50. The standard InChI is InChI=1S/C13H16F2N2O3/c1-12(2,3)20-11(19)17-10-8(6-5-7-16-10)9(18)13(4,14)15/h5-7H,1-4H3,(H,16,17,19). The van der Waals surface area contributed by atoms with Gasteiger partial charge in [0.2, 0.25) is 5.78 Å². The smallest absolute Gasteiger partial charge is 0.413 e. The molecule has 1 N–H and O–H groups in total. The number of nitrogens with one attached hydrogen (secondary N) is 1. The highest BCUT2D eigenvalue weighted by molar-refractivity contribution is 6.06. The molecule has 7 heteroatoms. The second-order valence-corrected chi connectivity index (χ2v) is 5.24. The van der Waals surface area contributed by atoms with Crippen molar-refractivity contribution in [1.82, 2.24) is 4.98 Å². The molecule has 0 aliphatic rings. The molecule has 1 amide bonds. The number of alkyl halides is 2. The molecule has 0 aromatic carbocycles. The van der Waals surface area contributed by atoms with Gasteiger partial charge in [-0.3, -0.25) is 10.1 Å². The van der Waals surface area contributed by atoms with Gasteiger partial charge in [0.05, 0.1) is 5.56 Å². The SMILES string of the molecule is CC(C)(C)OC(=O)Nc1ncccc1C(=O)C(C)(F)F. The zero-order valence-electron chi connectivity index (χ0n) is 11.7. The lowest BCUT2D eigenvalue weighted by Crippen LogP contribution is -2.30. The Balaban J connectivity index is 2.98. The molecule has 0 bridgehead atoms. The number of aromatic nitrogens is 1. The quantitative estimate of drug-likeness (QED) is 0.866. The molecule has 0 aliphatic heterocycles. The Kier molecular flexibility index (Phi) is 4.42. The Morgan fingerprint density at radius 1 is 1.25 bits per heavy atom. The number of hydrogen-bond donors (Lipinski definition) is 1. The van der Waals surface area contributed by atoms with Gasteiger partial charge in [0.15, 0.2) is 0 Å². The van der Waals surface area contributed by atoms with Gasteiger partial charge in [-0.2, -0.15) is 8.78 Å². The Morgan fingerprint density at radius 2 is 1.85 bits per heavy atom. The molecule has 0 fully saturated rings. The largest absolute Gasteiger partial charge is 0.444 e. The van der Waals surface area contributed by atoms with Crippen LogP contribution in [-0.4, -0.2) is 28.4 Å². The van der Waals surface area contributed by atoms with E-state index in [-0.39, 0.29) is 11.4 Å². The molecular weight excluding hydrogens is 270 g/mol. The Labute approximate surface area is 115 Å². The van der Waals surface area contributed by atoms with Gasteiger partial charge >= 0.3 is 12.0 Å². The summed E-state index contributed by atoms with van der Waals surface area (Å²) >= 11 is 0. The van der Waals surface area contributed by atoms with Crippen LogP contribution >= 0.6 is 0 Å². The third-order valence-electron chi connectivity index (χ3n) is 2.07. The zero-order chi connectivity index (χ0) is 15.6. The van der Waals surface area contributed by atoms with E-state index in [0.717, 1.165) is 0 Å². The molecule has 0 saturated carbocycles. The van der Waals surface area contributed by atoms with E-state index in [1.54, 1.807) is 20.8 Å². The topological polar surface area (TPSA) is 68.3 Å². The third-order valence-corrected chi connectivity index (χ3v) is 2.07. The number of Topliss-reactive ketones (excluding diaryl/α,β-unsaturated/α-hetero) is 1. The van der Waals surface area contributed by atoms with E-state index >= 15 is 0 Å². The van der Waals surface area contributed by atoms with E-state index in [9.17, 15) is 18.4 Å². The highest BCUT2D eigenvalue weighted by Crippen LogP contribution is 2.23. The summed E-state index contributed by atoms with van der Waals surface area (Å²) in [7, 11) is 0. The predicted molar refractivity (Wildman–Crippen MR) is 69.0 cm³/mol. The predicted octanol–water partition coefficient (Wildman–Crippen LogP) is 3.27. The molecule has 0 aliphatic carbocycles.